The van der Waals surface area contributed by atoms with Gasteiger partial charge in [0.05, 0.1) is 6.10 Å². The predicted molar refractivity (Wildman–Crippen MR) is 67.5 cm³/mol. The Morgan fingerprint density at radius 3 is 2.69 bits per heavy atom. The van der Waals surface area contributed by atoms with Crippen molar-refractivity contribution in [2.45, 2.75) is 70.4 Å². The second-order valence-corrected chi connectivity index (χ2v) is 5.64. The van der Waals surface area contributed by atoms with Crippen LogP contribution in [-0.2, 0) is 0 Å². The lowest BCUT2D eigenvalue weighted by molar-refractivity contribution is 0.0964. The van der Waals surface area contributed by atoms with Crippen LogP contribution in [0.25, 0.3) is 0 Å². The summed E-state index contributed by atoms with van der Waals surface area (Å²) in [6.45, 7) is 4.83. The van der Waals surface area contributed by atoms with E-state index in [-0.39, 0.29) is 6.10 Å². The molecule has 0 spiro atoms. The fourth-order valence-electron chi connectivity index (χ4n) is 3.50. The number of aliphatic hydroxyl groups excluding tert-OH is 1. The molecule has 0 aromatic rings. The Morgan fingerprint density at radius 1 is 1.12 bits per heavy atom. The average molecular weight is 225 g/mol. The SMILES string of the molecule is CCC1CCCCN1CCC1CCCC1O. The van der Waals surface area contributed by atoms with Crippen LogP contribution < -0.4 is 0 Å². The van der Waals surface area contributed by atoms with Crippen LogP contribution in [0, 0.1) is 5.92 Å². The zero-order valence-electron chi connectivity index (χ0n) is 10.7. The summed E-state index contributed by atoms with van der Waals surface area (Å²) in [7, 11) is 0. The molecule has 1 saturated carbocycles. The van der Waals surface area contributed by atoms with Gasteiger partial charge in [-0.05, 0) is 57.5 Å². The minimum Gasteiger partial charge on any atom is -0.393 e. The summed E-state index contributed by atoms with van der Waals surface area (Å²) in [5.74, 6) is 0.597. The maximum Gasteiger partial charge on any atom is 0.0568 e. The molecule has 0 radical (unpaired) electrons. The van der Waals surface area contributed by atoms with Crippen molar-refractivity contribution in [3.63, 3.8) is 0 Å². The molecule has 0 aromatic heterocycles. The van der Waals surface area contributed by atoms with Crippen molar-refractivity contribution < 1.29 is 5.11 Å². The molecule has 2 heteroatoms. The van der Waals surface area contributed by atoms with Crippen LogP contribution in [0.5, 0.6) is 0 Å². The molecule has 1 saturated heterocycles. The van der Waals surface area contributed by atoms with Crippen molar-refractivity contribution in [2.24, 2.45) is 5.92 Å². The first-order valence-electron chi connectivity index (χ1n) is 7.23. The number of rotatable bonds is 4. The Kier molecular flexibility index (Phi) is 4.66. The van der Waals surface area contributed by atoms with Gasteiger partial charge in [-0.3, -0.25) is 0 Å². The summed E-state index contributed by atoms with van der Waals surface area (Å²) in [6, 6.07) is 0.826. The lowest BCUT2D eigenvalue weighted by Gasteiger charge is -2.36. The van der Waals surface area contributed by atoms with Gasteiger partial charge in [0.25, 0.3) is 0 Å². The number of likely N-dealkylation sites (tertiary alicyclic amines) is 1. The number of nitrogens with zero attached hydrogens (tertiary/aromatic N) is 1. The van der Waals surface area contributed by atoms with Crippen LogP contribution in [-0.4, -0.2) is 35.2 Å². The molecule has 94 valence electrons. The topological polar surface area (TPSA) is 23.5 Å². The molecule has 1 aliphatic heterocycles. The van der Waals surface area contributed by atoms with Crippen LogP contribution in [0.15, 0.2) is 0 Å². The minimum absolute atomic E-state index is 0.00451. The van der Waals surface area contributed by atoms with Gasteiger partial charge in [0.1, 0.15) is 0 Å². The first-order valence-corrected chi connectivity index (χ1v) is 7.23. The molecule has 3 atom stereocenters. The maximum atomic E-state index is 9.82. The summed E-state index contributed by atoms with van der Waals surface area (Å²) in [4.78, 5) is 2.68. The summed E-state index contributed by atoms with van der Waals surface area (Å²) in [5, 5.41) is 9.82. The molecule has 1 heterocycles. The quantitative estimate of drug-likeness (QED) is 0.795. The second-order valence-electron chi connectivity index (χ2n) is 5.64. The van der Waals surface area contributed by atoms with E-state index in [1.807, 2.05) is 0 Å². The van der Waals surface area contributed by atoms with Gasteiger partial charge in [0.15, 0.2) is 0 Å². The highest BCUT2D eigenvalue weighted by atomic mass is 16.3. The predicted octanol–water partition coefficient (Wildman–Crippen LogP) is 2.80. The van der Waals surface area contributed by atoms with Gasteiger partial charge >= 0.3 is 0 Å². The normalized spacial score (nSPS) is 36.8. The van der Waals surface area contributed by atoms with E-state index in [9.17, 15) is 5.11 Å². The number of piperidine rings is 1. The van der Waals surface area contributed by atoms with Gasteiger partial charge in [0, 0.05) is 6.04 Å². The molecule has 2 rings (SSSR count). The first kappa shape index (κ1) is 12.4. The maximum absolute atomic E-state index is 9.82. The molecular weight excluding hydrogens is 198 g/mol. The van der Waals surface area contributed by atoms with Gasteiger partial charge in [-0.2, -0.15) is 0 Å². The van der Waals surface area contributed by atoms with Gasteiger partial charge in [-0.25, -0.2) is 0 Å². The number of aliphatic hydroxyl groups is 1. The van der Waals surface area contributed by atoms with Crippen molar-refractivity contribution in [1.29, 1.82) is 0 Å². The summed E-state index contributed by atoms with van der Waals surface area (Å²) in [5.41, 5.74) is 0. The van der Waals surface area contributed by atoms with Crippen molar-refractivity contribution >= 4 is 0 Å². The standard InChI is InChI=1S/C14H27NO/c1-2-13-7-3-4-10-15(13)11-9-12-6-5-8-14(12)16/h12-14,16H,2-11H2,1H3. The van der Waals surface area contributed by atoms with E-state index in [4.69, 9.17) is 0 Å². The molecular formula is C14H27NO. The third kappa shape index (κ3) is 2.98. The van der Waals surface area contributed by atoms with E-state index in [0.717, 1.165) is 12.5 Å². The summed E-state index contributed by atoms with van der Waals surface area (Å²) >= 11 is 0. The van der Waals surface area contributed by atoms with Gasteiger partial charge in [0.2, 0.25) is 0 Å². The van der Waals surface area contributed by atoms with Crippen LogP contribution in [0.2, 0.25) is 0 Å². The largest absolute Gasteiger partial charge is 0.393 e. The van der Waals surface area contributed by atoms with Crippen LogP contribution >= 0.6 is 0 Å². The van der Waals surface area contributed by atoms with E-state index in [2.05, 4.69) is 11.8 Å². The molecule has 2 nitrogen and oxygen atoms in total. The van der Waals surface area contributed by atoms with E-state index in [1.54, 1.807) is 0 Å². The molecule has 0 bridgehead atoms. The number of hydrogen-bond donors (Lipinski definition) is 1. The lowest BCUT2D eigenvalue weighted by atomic mass is 9.97. The molecule has 2 fully saturated rings. The highest BCUT2D eigenvalue weighted by molar-refractivity contribution is 4.80. The van der Waals surface area contributed by atoms with Crippen molar-refractivity contribution in [3.8, 4) is 0 Å². The molecule has 2 aliphatic rings. The van der Waals surface area contributed by atoms with Crippen LogP contribution in [0.4, 0.5) is 0 Å². The molecule has 0 aromatic carbocycles. The minimum atomic E-state index is 0.00451. The Labute approximate surface area is 100 Å². The Hall–Kier alpha value is -0.0800. The smallest absolute Gasteiger partial charge is 0.0568 e. The van der Waals surface area contributed by atoms with E-state index in [0.29, 0.717) is 5.92 Å². The van der Waals surface area contributed by atoms with Gasteiger partial charge in [-0.1, -0.05) is 19.8 Å². The fourth-order valence-corrected chi connectivity index (χ4v) is 3.50. The summed E-state index contributed by atoms with van der Waals surface area (Å²) in [6.07, 6.45) is 10.3. The molecule has 16 heavy (non-hydrogen) atoms. The zero-order valence-corrected chi connectivity index (χ0v) is 10.7. The summed E-state index contributed by atoms with van der Waals surface area (Å²) < 4.78 is 0. The fraction of sp³-hybridized carbons (Fsp3) is 1.00. The van der Waals surface area contributed by atoms with E-state index < -0.39 is 0 Å². The Bertz CT molecular complexity index is 207. The zero-order chi connectivity index (χ0) is 11.4. The van der Waals surface area contributed by atoms with Crippen LogP contribution in [0.1, 0.15) is 58.3 Å². The molecule has 0 amide bonds. The highest BCUT2D eigenvalue weighted by Crippen LogP contribution is 2.29. The van der Waals surface area contributed by atoms with E-state index in [1.165, 1.54) is 58.0 Å². The molecule has 1 aliphatic carbocycles. The van der Waals surface area contributed by atoms with Crippen molar-refractivity contribution in [3.05, 3.63) is 0 Å². The Morgan fingerprint density at radius 2 is 2.00 bits per heavy atom. The Balaban J connectivity index is 1.75. The third-order valence-electron chi connectivity index (χ3n) is 4.63. The van der Waals surface area contributed by atoms with Crippen molar-refractivity contribution in [1.82, 2.24) is 4.90 Å². The van der Waals surface area contributed by atoms with Crippen molar-refractivity contribution in [2.75, 3.05) is 13.1 Å². The van der Waals surface area contributed by atoms with Gasteiger partial charge in [-0.15, -0.1) is 0 Å². The average Bonchev–Trinajstić information content (AvgIpc) is 2.72. The molecule has 3 unspecified atom stereocenters. The van der Waals surface area contributed by atoms with E-state index >= 15 is 0 Å². The molecule has 1 N–H and O–H groups in total. The highest BCUT2D eigenvalue weighted by Gasteiger charge is 2.27. The second kappa shape index (κ2) is 6.02. The van der Waals surface area contributed by atoms with Crippen LogP contribution in [0.3, 0.4) is 0 Å². The third-order valence-corrected chi connectivity index (χ3v) is 4.63. The number of hydrogen-bond acceptors (Lipinski definition) is 2. The first-order chi connectivity index (χ1) is 7.81. The lowest BCUT2D eigenvalue weighted by Crippen LogP contribution is -2.40. The van der Waals surface area contributed by atoms with Gasteiger partial charge < -0.3 is 10.0 Å². The monoisotopic (exact) mass is 225 g/mol.